The molecule has 17 heavy (non-hydrogen) atoms. The lowest BCUT2D eigenvalue weighted by atomic mass is 9.71. The van der Waals surface area contributed by atoms with E-state index in [9.17, 15) is 14.7 Å². The molecule has 0 saturated heterocycles. The van der Waals surface area contributed by atoms with E-state index in [1.807, 2.05) is 0 Å². The fourth-order valence-electron chi connectivity index (χ4n) is 2.47. The Morgan fingerprint density at radius 2 is 1.88 bits per heavy atom. The first-order valence-electron chi connectivity index (χ1n) is 6.61. The van der Waals surface area contributed by atoms with Crippen molar-refractivity contribution in [2.45, 2.75) is 58.3 Å². The van der Waals surface area contributed by atoms with Gasteiger partial charge in [-0.3, -0.25) is 9.59 Å². The third-order valence-corrected chi connectivity index (χ3v) is 3.62. The van der Waals surface area contributed by atoms with E-state index in [1.54, 1.807) is 0 Å². The normalized spacial score (nSPS) is 18.6. The summed E-state index contributed by atoms with van der Waals surface area (Å²) in [5.41, 5.74) is -0.797. The third kappa shape index (κ3) is 4.02. The van der Waals surface area contributed by atoms with Crippen molar-refractivity contribution in [3.8, 4) is 0 Å². The van der Waals surface area contributed by atoms with Crippen LogP contribution in [0.2, 0.25) is 0 Å². The van der Waals surface area contributed by atoms with Crippen molar-refractivity contribution in [3.05, 3.63) is 0 Å². The molecule has 0 bridgehead atoms. The van der Waals surface area contributed by atoms with Gasteiger partial charge in [0.1, 0.15) is 0 Å². The Hall–Kier alpha value is -1.06. The topological polar surface area (TPSA) is 66.4 Å². The Kier molecular flexibility index (Phi) is 5.45. The van der Waals surface area contributed by atoms with E-state index in [4.69, 9.17) is 0 Å². The Morgan fingerprint density at radius 3 is 2.41 bits per heavy atom. The Bertz CT molecular complexity index is 270. The second-order valence-electron chi connectivity index (χ2n) is 5.03. The van der Waals surface area contributed by atoms with E-state index in [-0.39, 0.29) is 12.3 Å². The summed E-state index contributed by atoms with van der Waals surface area (Å²) in [5, 5.41) is 12.1. The van der Waals surface area contributed by atoms with Gasteiger partial charge in [0, 0.05) is 13.0 Å². The maximum Gasteiger partial charge on any atom is 0.310 e. The van der Waals surface area contributed by atoms with Crippen LogP contribution in [0.4, 0.5) is 0 Å². The maximum atomic E-state index is 11.7. The highest BCUT2D eigenvalue weighted by molar-refractivity contribution is 5.85. The molecule has 0 radical (unpaired) electrons. The van der Waals surface area contributed by atoms with Gasteiger partial charge in [-0.2, -0.15) is 0 Å². The van der Waals surface area contributed by atoms with Gasteiger partial charge in [0.2, 0.25) is 5.91 Å². The third-order valence-electron chi connectivity index (χ3n) is 3.62. The first-order chi connectivity index (χ1) is 8.10. The number of carboxylic acid groups (broad SMARTS) is 1. The first kappa shape index (κ1) is 14.0. The van der Waals surface area contributed by atoms with Crippen LogP contribution >= 0.6 is 0 Å². The molecule has 1 saturated carbocycles. The fourth-order valence-corrected chi connectivity index (χ4v) is 2.47. The predicted octanol–water partition coefficient (Wildman–Crippen LogP) is 2.33. The Balaban J connectivity index is 2.48. The molecular formula is C13H23NO3. The molecule has 0 aliphatic heterocycles. The van der Waals surface area contributed by atoms with Gasteiger partial charge in [-0.25, -0.2) is 0 Å². The highest BCUT2D eigenvalue weighted by atomic mass is 16.4. The highest BCUT2D eigenvalue weighted by Crippen LogP contribution is 2.39. The summed E-state index contributed by atoms with van der Waals surface area (Å²) >= 11 is 0. The van der Waals surface area contributed by atoms with Crippen molar-refractivity contribution in [2.75, 3.05) is 6.54 Å². The second kappa shape index (κ2) is 6.62. The molecule has 1 aliphatic rings. The molecule has 4 nitrogen and oxygen atoms in total. The van der Waals surface area contributed by atoms with E-state index in [2.05, 4.69) is 12.2 Å². The number of nitrogens with one attached hydrogen (secondary N) is 1. The molecule has 1 aliphatic carbocycles. The molecule has 0 aromatic heterocycles. The van der Waals surface area contributed by atoms with E-state index in [1.165, 1.54) is 0 Å². The summed E-state index contributed by atoms with van der Waals surface area (Å²) in [6.07, 6.45) is 6.35. The minimum absolute atomic E-state index is 0.109. The van der Waals surface area contributed by atoms with Crippen molar-refractivity contribution < 1.29 is 14.7 Å². The number of hydrogen-bond acceptors (Lipinski definition) is 2. The van der Waals surface area contributed by atoms with Crippen molar-refractivity contribution in [2.24, 2.45) is 5.41 Å². The minimum atomic E-state index is -0.803. The zero-order chi connectivity index (χ0) is 12.7. The van der Waals surface area contributed by atoms with Crippen LogP contribution in [-0.4, -0.2) is 23.5 Å². The van der Waals surface area contributed by atoms with Crippen molar-refractivity contribution in [1.29, 1.82) is 0 Å². The Morgan fingerprint density at radius 1 is 1.24 bits per heavy atom. The molecule has 2 N–H and O–H groups in total. The minimum Gasteiger partial charge on any atom is -0.481 e. The first-order valence-corrected chi connectivity index (χ1v) is 6.61. The fraction of sp³-hybridized carbons (Fsp3) is 0.846. The summed E-state index contributed by atoms with van der Waals surface area (Å²) in [6.45, 7) is 2.72. The molecule has 1 amide bonds. The number of unbranched alkanes of at least 4 members (excludes halogenated alkanes) is 1. The molecule has 1 fully saturated rings. The summed E-state index contributed by atoms with van der Waals surface area (Å²) < 4.78 is 0. The molecule has 0 aromatic carbocycles. The largest absolute Gasteiger partial charge is 0.481 e. The zero-order valence-corrected chi connectivity index (χ0v) is 10.6. The maximum absolute atomic E-state index is 11.7. The van der Waals surface area contributed by atoms with E-state index >= 15 is 0 Å². The number of rotatable bonds is 6. The van der Waals surface area contributed by atoms with Crippen LogP contribution in [0.15, 0.2) is 0 Å². The van der Waals surface area contributed by atoms with Crippen molar-refractivity contribution in [3.63, 3.8) is 0 Å². The molecular weight excluding hydrogens is 218 g/mol. The van der Waals surface area contributed by atoms with Gasteiger partial charge in [-0.05, 0) is 19.3 Å². The molecule has 4 heteroatoms. The van der Waals surface area contributed by atoms with Gasteiger partial charge in [0.15, 0.2) is 0 Å². The van der Waals surface area contributed by atoms with E-state index in [0.29, 0.717) is 19.4 Å². The lowest BCUT2D eigenvalue weighted by Crippen LogP contribution is -2.39. The number of carbonyl (C=O) groups excluding carboxylic acids is 1. The van der Waals surface area contributed by atoms with Crippen LogP contribution in [0.3, 0.4) is 0 Å². The van der Waals surface area contributed by atoms with Crippen LogP contribution in [0.5, 0.6) is 0 Å². The molecule has 0 heterocycles. The van der Waals surface area contributed by atoms with Gasteiger partial charge in [0.05, 0.1) is 5.41 Å². The number of carbonyl (C=O) groups is 2. The molecule has 0 aromatic rings. The van der Waals surface area contributed by atoms with Gasteiger partial charge < -0.3 is 10.4 Å². The molecule has 0 unspecified atom stereocenters. The van der Waals surface area contributed by atoms with Crippen LogP contribution in [0.1, 0.15) is 58.3 Å². The summed E-state index contributed by atoms with van der Waals surface area (Å²) in [6, 6.07) is 0. The van der Waals surface area contributed by atoms with Crippen LogP contribution < -0.4 is 5.32 Å². The second-order valence-corrected chi connectivity index (χ2v) is 5.03. The molecule has 98 valence electrons. The van der Waals surface area contributed by atoms with E-state index in [0.717, 1.165) is 32.1 Å². The average molecular weight is 241 g/mol. The van der Waals surface area contributed by atoms with Gasteiger partial charge in [0.25, 0.3) is 0 Å². The van der Waals surface area contributed by atoms with Crippen LogP contribution in [0, 0.1) is 5.41 Å². The standard InChI is InChI=1S/C13H23NO3/c1-2-3-9-14-11(15)10-13(12(16)17)7-5-4-6-8-13/h2-10H2,1H3,(H,14,15)(H,16,17). The van der Waals surface area contributed by atoms with E-state index < -0.39 is 11.4 Å². The summed E-state index contributed by atoms with van der Waals surface area (Å²) in [7, 11) is 0. The number of hydrogen-bond donors (Lipinski definition) is 2. The molecule has 0 spiro atoms. The SMILES string of the molecule is CCCCNC(=O)CC1(C(=O)O)CCCCC1. The predicted molar refractivity (Wildman–Crippen MR) is 65.7 cm³/mol. The average Bonchev–Trinajstić information content (AvgIpc) is 2.30. The quantitative estimate of drug-likeness (QED) is 0.701. The zero-order valence-electron chi connectivity index (χ0n) is 10.6. The summed E-state index contributed by atoms with van der Waals surface area (Å²) in [4.78, 5) is 23.1. The summed E-state index contributed by atoms with van der Waals surface area (Å²) in [5.74, 6) is -0.911. The van der Waals surface area contributed by atoms with Crippen molar-refractivity contribution in [1.82, 2.24) is 5.32 Å². The molecule has 1 rings (SSSR count). The molecule has 0 atom stereocenters. The number of aliphatic carboxylic acids is 1. The van der Waals surface area contributed by atoms with Crippen LogP contribution in [-0.2, 0) is 9.59 Å². The monoisotopic (exact) mass is 241 g/mol. The lowest BCUT2D eigenvalue weighted by Gasteiger charge is -2.32. The lowest BCUT2D eigenvalue weighted by molar-refractivity contribution is -0.154. The number of amides is 1. The van der Waals surface area contributed by atoms with Crippen LogP contribution in [0.25, 0.3) is 0 Å². The van der Waals surface area contributed by atoms with Crippen molar-refractivity contribution >= 4 is 11.9 Å². The van der Waals surface area contributed by atoms with Gasteiger partial charge in [-0.15, -0.1) is 0 Å². The van der Waals surface area contributed by atoms with Gasteiger partial charge >= 0.3 is 5.97 Å². The number of carboxylic acids is 1. The Labute approximate surface area is 103 Å². The smallest absolute Gasteiger partial charge is 0.310 e. The highest BCUT2D eigenvalue weighted by Gasteiger charge is 2.41. The van der Waals surface area contributed by atoms with Gasteiger partial charge in [-0.1, -0.05) is 32.6 Å².